The molecule has 0 aliphatic heterocycles. The fourth-order valence-electron chi connectivity index (χ4n) is 9.99. The molecule has 0 heterocycles. The Hall–Kier alpha value is -14.9. The predicted octanol–water partition coefficient (Wildman–Crippen LogP) is -2.08. The predicted molar refractivity (Wildman–Crippen MR) is 387 cm³/mol. The molecule has 0 saturated carbocycles. The molecule has 0 saturated heterocycles. The summed E-state index contributed by atoms with van der Waals surface area (Å²) in [6.45, 7) is -7.77. The van der Waals surface area contributed by atoms with Gasteiger partial charge in [-0.1, -0.05) is 48.5 Å². The van der Waals surface area contributed by atoms with Crippen molar-refractivity contribution >= 4 is 118 Å². The summed E-state index contributed by atoms with van der Waals surface area (Å²) < 4.78 is 20.4. The lowest BCUT2D eigenvalue weighted by atomic mass is 10.1. The van der Waals surface area contributed by atoms with Gasteiger partial charge < -0.3 is 113 Å². The molecule has 0 spiro atoms. The van der Waals surface area contributed by atoms with Gasteiger partial charge in [-0.2, -0.15) is 0 Å². The largest absolute Gasteiger partial charge is 0.480 e. The van der Waals surface area contributed by atoms with E-state index in [4.69, 9.17) is 39.4 Å². The standard InChI is InChI=1S/C66H80N18O32/c85-47(67-21-25-71-59(97)55(113-63(101)75-35-51(89)90)39-9-1-5-13-43(39)81(105)106)17-29-79(30-18-48(86)68-22-26-72-60(98)56(114-64(102)76-36-52(91)92)40-10-2-6-14-44(40)82(107)108)33-34-80(31-19-49(87)69-23-27-73-61(99)57(115-65(103)77-37-53(93)94)41-11-3-7-15-45(41)83(109)110)32-20-50(88)70-24-28-74-62(100)58(116-66(104)78-38-54(95)96)42-12-4-8-16-46(42)84(111)112/h1-16,55-58H,17-38H2,(H,67,85)(H,68,86)(H,69,87)(H,70,88)(H,71,97)(H,72,98)(H,73,99)(H,74,100)(H,75,101)(H,76,102)(H,77,103)(H,78,104)(H,89,90)(H,91,92)(H,93,94)(H,95,96). The van der Waals surface area contributed by atoms with Gasteiger partial charge in [0.25, 0.3) is 46.4 Å². The highest BCUT2D eigenvalue weighted by Gasteiger charge is 2.36. The molecule has 0 aromatic heterocycles. The van der Waals surface area contributed by atoms with Crippen LogP contribution in [0.2, 0.25) is 0 Å². The average Bonchev–Trinajstić information content (AvgIpc) is 0.841. The molecule has 626 valence electrons. The molecule has 0 radical (unpaired) electrons. The summed E-state index contributed by atoms with van der Waals surface area (Å²) in [6.07, 6.45) is -15.4. The minimum atomic E-state index is -2.02. The van der Waals surface area contributed by atoms with E-state index in [1.807, 2.05) is 21.3 Å². The van der Waals surface area contributed by atoms with Crippen LogP contribution in [0.3, 0.4) is 0 Å². The summed E-state index contributed by atoms with van der Waals surface area (Å²) in [5.74, 6) is -13.3. The molecule has 0 aliphatic rings. The number of carboxylic acids is 4. The maximum atomic E-state index is 13.5. The molecule has 0 aliphatic carbocycles. The lowest BCUT2D eigenvalue weighted by molar-refractivity contribution is -0.386. The number of amides is 12. The maximum absolute atomic E-state index is 13.5. The highest BCUT2D eigenvalue weighted by atomic mass is 16.6. The number of hydrogen-bond donors (Lipinski definition) is 16. The van der Waals surface area contributed by atoms with Crippen LogP contribution in [0, 0.1) is 40.5 Å². The number of carbonyl (C=O) groups excluding carboxylic acids is 12. The van der Waals surface area contributed by atoms with Gasteiger partial charge >= 0.3 is 48.3 Å². The lowest BCUT2D eigenvalue weighted by Crippen LogP contribution is -2.43. The van der Waals surface area contributed by atoms with Crippen LogP contribution in [0.15, 0.2) is 97.1 Å². The van der Waals surface area contributed by atoms with Crippen molar-refractivity contribution in [2.45, 2.75) is 50.1 Å². The van der Waals surface area contributed by atoms with Crippen molar-refractivity contribution in [3.8, 4) is 0 Å². The van der Waals surface area contributed by atoms with Gasteiger partial charge in [0, 0.05) is 142 Å². The molecule has 4 aromatic rings. The van der Waals surface area contributed by atoms with Crippen LogP contribution < -0.4 is 63.8 Å². The van der Waals surface area contributed by atoms with E-state index in [1.165, 1.54) is 48.5 Å². The van der Waals surface area contributed by atoms with Gasteiger partial charge in [0.1, 0.15) is 26.2 Å². The third-order valence-corrected chi connectivity index (χ3v) is 15.4. The van der Waals surface area contributed by atoms with Crippen molar-refractivity contribution in [1.82, 2.24) is 73.6 Å². The minimum absolute atomic E-state index is 0.0949. The first-order valence-electron chi connectivity index (χ1n) is 34.4. The Morgan fingerprint density at radius 1 is 0.284 bits per heavy atom. The fourth-order valence-corrected chi connectivity index (χ4v) is 9.99. The molecule has 4 rings (SSSR count). The second-order valence-corrected chi connectivity index (χ2v) is 23.6. The van der Waals surface area contributed by atoms with Gasteiger partial charge in [-0.3, -0.25) is 98.0 Å². The van der Waals surface area contributed by atoms with Crippen LogP contribution in [0.4, 0.5) is 41.9 Å². The van der Waals surface area contributed by atoms with Gasteiger partial charge in [0.15, 0.2) is 0 Å². The third-order valence-electron chi connectivity index (χ3n) is 15.4. The number of nitro groups is 4. The highest BCUT2D eigenvalue weighted by molar-refractivity contribution is 5.90. The van der Waals surface area contributed by atoms with Crippen molar-refractivity contribution in [3.05, 3.63) is 160 Å². The van der Waals surface area contributed by atoms with E-state index in [9.17, 15) is 117 Å². The number of nitro benzene ring substituents is 4. The molecule has 0 bridgehead atoms. The van der Waals surface area contributed by atoms with Crippen LogP contribution >= 0.6 is 0 Å². The van der Waals surface area contributed by atoms with E-state index >= 15 is 0 Å². The first-order valence-corrected chi connectivity index (χ1v) is 34.4. The Morgan fingerprint density at radius 3 is 0.647 bits per heavy atom. The van der Waals surface area contributed by atoms with Gasteiger partial charge in [-0.25, -0.2) is 19.2 Å². The molecule has 4 unspecified atom stereocenters. The summed E-state index contributed by atoms with van der Waals surface area (Å²) in [7, 11) is 0. The number of hydrogen-bond acceptors (Lipinski definition) is 30. The molecule has 4 atom stereocenters. The van der Waals surface area contributed by atoms with Gasteiger partial charge in [-0.15, -0.1) is 0 Å². The normalized spacial score (nSPS) is 11.6. The molecule has 50 nitrogen and oxygen atoms in total. The molecule has 12 amide bonds. The zero-order chi connectivity index (χ0) is 85.8. The van der Waals surface area contributed by atoms with Crippen molar-refractivity contribution in [2.75, 3.05) is 118 Å². The Kier molecular flexibility index (Phi) is 39.8. The monoisotopic (exact) mass is 1640 g/mol. The zero-order valence-electron chi connectivity index (χ0n) is 61.0. The van der Waals surface area contributed by atoms with E-state index in [0.29, 0.717) is 0 Å². The van der Waals surface area contributed by atoms with Crippen LogP contribution in [-0.4, -0.2) is 263 Å². The maximum Gasteiger partial charge on any atom is 0.408 e. The topological polar surface area (TPSA) is 714 Å². The van der Waals surface area contributed by atoms with Crippen LogP contribution in [0.1, 0.15) is 72.4 Å². The lowest BCUT2D eigenvalue weighted by Gasteiger charge is -2.27. The quantitative estimate of drug-likeness (QED) is 0.00976. The molecule has 116 heavy (non-hydrogen) atoms. The first-order chi connectivity index (χ1) is 55.1. The number of nitrogens with one attached hydrogen (secondary N) is 12. The van der Waals surface area contributed by atoms with E-state index in [1.54, 1.807) is 9.80 Å². The van der Waals surface area contributed by atoms with Crippen LogP contribution in [-0.2, 0) is 76.5 Å². The van der Waals surface area contributed by atoms with Crippen molar-refractivity contribution in [2.24, 2.45) is 0 Å². The summed E-state index contributed by atoms with van der Waals surface area (Å²) in [5, 5.41) is 111. The Morgan fingerprint density at radius 2 is 0.466 bits per heavy atom. The third kappa shape index (κ3) is 34.6. The first kappa shape index (κ1) is 93.5. The van der Waals surface area contributed by atoms with Crippen molar-refractivity contribution < 1.29 is 136 Å². The number of ether oxygens (including phenoxy) is 4. The molecule has 4 aromatic carbocycles. The number of rotatable bonds is 51. The van der Waals surface area contributed by atoms with Crippen LogP contribution in [0.25, 0.3) is 0 Å². The number of benzene rings is 4. The van der Waals surface area contributed by atoms with Gasteiger partial charge in [0.2, 0.25) is 48.0 Å². The van der Waals surface area contributed by atoms with E-state index in [2.05, 4.69) is 42.5 Å². The number of carboxylic acid groups (broad SMARTS) is 4. The SMILES string of the molecule is O=C(O)CNC(=O)OC(C(=O)NCCNC(=O)CCN(CCC(=O)NCCNC(=O)C(OC(=O)NCC(=O)O)c1ccccc1[N+](=O)[O-])CCN(CCC(=O)NCCNC(=O)C(OC(=O)NCC(=O)O)c1ccccc1[N+](=O)[O-])CCC(=O)NCCNC(=O)C(OC(=O)NCC(=O)O)c1ccccc1[N+](=O)[O-])c1ccccc1[N+](=O)[O-]. The number of carbonyl (C=O) groups is 16. The molecule has 0 fully saturated rings. The number of nitrogens with zero attached hydrogens (tertiary/aromatic N) is 6. The summed E-state index contributed by atoms with van der Waals surface area (Å²) in [4.78, 5) is 250. The van der Waals surface area contributed by atoms with E-state index in [0.717, 1.165) is 48.5 Å². The van der Waals surface area contributed by atoms with Crippen LogP contribution in [0.5, 0.6) is 0 Å². The summed E-state index contributed by atoms with van der Waals surface area (Å²) >= 11 is 0. The Labute approximate surface area is 653 Å². The smallest absolute Gasteiger partial charge is 0.408 e. The second-order valence-electron chi connectivity index (χ2n) is 23.6. The fraction of sp³-hybridized carbons (Fsp3) is 0.394. The van der Waals surface area contributed by atoms with Crippen molar-refractivity contribution in [3.63, 3.8) is 0 Å². The minimum Gasteiger partial charge on any atom is -0.480 e. The molecular weight excluding hydrogens is 1560 g/mol. The molecule has 16 N–H and O–H groups in total. The van der Waals surface area contributed by atoms with E-state index < -0.39 is 237 Å². The molecular formula is C66H80N18O32. The zero-order valence-corrected chi connectivity index (χ0v) is 61.0. The summed E-state index contributed by atoms with van der Waals surface area (Å²) in [5.41, 5.74) is -4.28. The number of alkyl carbamates (subject to hydrolysis) is 4. The second kappa shape index (κ2) is 49.4. The Bertz CT molecular complexity index is 3720. The Balaban J connectivity index is 1.57. The summed E-state index contributed by atoms with van der Waals surface area (Å²) in [6, 6.07) is 18.6. The van der Waals surface area contributed by atoms with Gasteiger partial charge in [-0.05, 0) is 24.3 Å². The average molecular weight is 1640 g/mol. The van der Waals surface area contributed by atoms with Crippen molar-refractivity contribution in [1.29, 1.82) is 0 Å². The molecule has 50 heteroatoms. The number of para-hydroxylation sites is 4. The van der Waals surface area contributed by atoms with E-state index in [-0.39, 0.29) is 91.1 Å². The highest BCUT2D eigenvalue weighted by Crippen LogP contribution is 2.32. The number of aliphatic carboxylic acids is 4. The van der Waals surface area contributed by atoms with Gasteiger partial charge in [0.05, 0.1) is 41.9 Å².